The Hall–Kier alpha value is -1.79. The molecule has 6 nitrogen and oxygen atoms in total. The minimum absolute atomic E-state index is 0.0805. The number of urea groups is 1. The zero-order valence-corrected chi connectivity index (χ0v) is 14.3. The molecule has 1 aromatic carbocycles. The third-order valence-electron chi connectivity index (χ3n) is 4.96. The number of nitrogens with one attached hydrogen (secondary N) is 2. The summed E-state index contributed by atoms with van der Waals surface area (Å²) in [7, 11) is 1.67. The summed E-state index contributed by atoms with van der Waals surface area (Å²) in [5, 5.41) is 5.97. The Morgan fingerprint density at radius 2 is 1.92 bits per heavy atom. The number of amides is 2. The highest BCUT2D eigenvalue weighted by Crippen LogP contribution is 2.47. The largest absolute Gasteiger partial charge is 0.497 e. The van der Waals surface area contributed by atoms with Crippen LogP contribution in [0.4, 0.5) is 4.79 Å². The average Bonchev–Trinajstić information content (AvgIpc) is 3.42. The van der Waals surface area contributed by atoms with Gasteiger partial charge in [0.25, 0.3) is 0 Å². The Labute approximate surface area is 143 Å². The van der Waals surface area contributed by atoms with Gasteiger partial charge in [0, 0.05) is 38.1 Å². The number of morpholine rings is 1. The molecule has 24 heavy (non-hydrogen) atoms. The molecule has 1 aliphatic heterocycles. The van der Waals surface area contributed by atoms with Crippen LogP contribution in [-0.4, -0.2) is 64.0 Å². The van der Waals surface area contributed by atoms with Crippen molar-refractivity contribution in [3.63, 3.8) is 0 Å². The smallest absolute Gasteiger partial charge is 0.314 e. The molecule has 0 radical (unpaired) electrons. The first-order valence-electron chi connectivity index (χ1n) is 8.68. The number of carbonyl (C=O) groups is 1. The van der Waals surface area contributed by atoms with Crippen molar-refractivity contribution in [3.8, 4) is 5.75 Å². The fourth-order valence-electron chi connectivity index (χ4n) is 3.13. The molecule has 2 N–H and O–H groups in total. The Bertz CT molecular complexity index is 537. The van der Waals surface area contributed by atoms with E-state index in [2.05, 4.69) is 27.7 Å². The first kappa shape index (κ1) is 17.0. The van der Waals surface area contributed by atoms with Crippen LogP contribution in [0, 0.1) is 0 Å². The molecule has 0 atom stereocenters. The Morgan fingerprint density at radius 3 is 2.54 bits per heavy atom. The summed E-state index contributed by atoms with van der Waals surface area (Å²) in [4.78, 5) is 14.3. The molecule has 1 aliphatic carbocycles. The van der Waals surface area contributed by atoms with E-state index in [4.69, 9.17) is 9.47 Å². The van der Waals surface area contributed by atoms with Crippen LogP contribution in [0.5, 0.6) is 5.75 Å². The normalized spacial score (nSPS) is 19.5. The average molecular weight is 333 g/mol. The second-order valence-electron chi connectivity index (χ2n) is 6.57. The van der Waals surface area contributed by atoms with E-state index in [1.54, 1.807) is 7.11 Å². The van der Waals surface area contributed by atoms with E-state index in [-0.39, 0.29) is 11.4 Å². The molecular formula is C18H27N3O3. The second kappa shape index (κ2) is 7.85. The Morgan fingerprint density at radius 1 is 1.21 bits per heavy atom. The highest BCUT2D eigenvalue weighted by molar-refractivity contribution is 5.74. The fourth-order valence-corrected chi connectivity index (χ4v) is 3.13. The van der Waals surface area contributed by atoms with Crippen molar-refractivity contribution in [2.45, 2.75) is 18.3 Å². The molecule has 0 spiro atoms. The van der Waals surface area contributed by atoms with Gasteiger partial charge in [-0.25, -0.2) is 4.79 Å². The van der Waals surface area contributed by atoms with Crippen molar-refractivity contribution in [1.29, 1.82) is 0 Å². The van der Waals surface area contributed by atoms with Gasteiger partial charge in [-0.05, 0) is 30.5 Å². The number of hydrogen-bond acceptors (Lipinski definition) is 4. The van der Waals surface area contributed by atoms with E-state index in [0.717, 1.165) is 51.4 Å². The monoisotopic (exact) mass is 333 g/mol. The van der Waals surface area contributed by atoms with E-state index in [0.29, 0.717) is 13.1 Å². The van der Waals surface area contributed by atoms with Crippen molar-refractivity contribution in [2.24, 2.45) is 0 Å². The Kier molecular flexibility index (Phi) is 5.58. The lowest BCUT2D eigenvalue weighted by Gasteiger charge is -2.26. The molecule has 1 saturated heterocycles. The molecule has 1 saturated carbocycles. The molecular weight excluding hydrogens is 306 g/mol. The van der Waals surface area contributed by atoms with Crippen LogP contribution in [0.2, 0.25) is 0 Å². The summed E-state index contributed by atoms with van der Waals surface area (Å²) < 4.78 is 10.5. The summed E-state index contributed by atoms with van der Waals surface area (Å²) >= 11 is 0. The molecule has 132 valence electrons. The molecule has 1 heterocycles. The maximum absolute atomic E-state index is 12.0. The van der Waals surface area contributed by atoms with E-state index in [1.807, 2.05) is 12.1 Å². The predicted molar refractivity (Wildman–Crippen MR) is 92.6 cm³/mol. The van der Waals surface area contributed by atoms with Gasteiger partial charge >= 0.3 is 6.03 Å². The van der Waals surface area contributed by atoms with Gasteiger partial charge in [-0.1, -0.05) is 12.1 Å². The lowest BCUT2D eigenvalue weighted by Crippen LogP contribution is -2.45. The quantitative estimate of drug-likeness (QED) is 0.791. The first-order chi connectivity index (χ1) is 11.7. The van der Waals surface area contributed by atoms with Crippen LogP contribution < -0.4 is 15.4 Å². The van der Waals surface area contributed by atoms with Crippen LogP contribution in [0.25, 0.3) is 0 Å². The van der Waals surface area contributed by atoms with Crippen molar-refractivity contribution >= 4 is 6.03 Å². The third kappa shape index (κ3) is 4.39. The van der Waals surface area contributed by atoms with E-state index < -0.39 is 0 Å². The fraction of sp³-hybridized carbons (Fsp3) is 0.611. The van der Waals surface area contributed by atoms with Gasteiger partial charge in [0.1, 0.15) is 5.75 Å². The van der Waals surface area contributed by atoms with Crippen LogP contribution in [0.15, 0.2) is 24.3 Å². The van der Waals surface area contributed by atoms with E-state index in [9.17, 15) is 4.79 Å². The molecule has 0 aromatic heterocycles. The van der Waals surface area contributed by atoms with Gasteiger partial charge in [-0.3, -0.25) is 4.90 Å². The topological polar surface area (TPSA) is 62.8 Å². The number of carbonyl (C=O) groups excluding carboxylic acids is 1. The van der Waals surface area contributed by atoms with Crippen LogP contribution in [0.3, 0.4) is 0 Å². The van der Waals surface area contributed by atoms with E-state index >= 15 is 0 Å². The summed E-state index contributed by atoms with van der Waals surface area (Å²) in [5.41, 5.74) is 1.38. The maximum Gasteiger partial charge on any atom is 0.314 e. The lowest BCUT2D eigenvalue weighted by atomic mass is 9.96. The summed E-state index contributed by atoms with van der Waals surface area (Å²) in [6, 6.07) is 8.09. The SMILES string of the molecule is COc1ccc(C2(CNC(=O)NCCN3CCOCC3)CC2)cc1. The lowest BCUT2D eigenvalue weighted by molar-refractivity contribution is 0.0387. The molecule has 2 amide bonds. The van der Waals surface area contributed by atoms with Crippen molar-refractivity contribution in [2.75, 3.05) is 53.0 Å². The number of methoxy groups -OCH3 is 1. The third-order valence-corrected chi connectivity index (χ3v) is 4.96. The Balaban J connectivity index is 1.38. The summed E-state index contributed by atoms with van der Waals surface area (Å²) in [6.07, 6.45) is 2.24. The van der Waals surface area contributed by atoms with Crippen molar-refractivity contribution < 1.29 is 14.3 Å². The van der Waals surface area contributed by atoms with Gasteiger partial charge in [0.05, 0.1) is 20.3 Å². The summed E-state index contributed by atoms with van der Waals surface area (Å²) in [5.74, 6) is 0.864. The molecule has 2 aliphatic rings. The number of hydrogen-bond donors (Lipinski definition) is 2. The molecule has 2 fully saturated rings. The van der Waals surface area contributed by atoms with Crippen LogP contribution in [-0.2, 0) is 10.2 Å². The predicted octanol–water partition coefficient (Wildman–Crippen LogP) is 1.36. The molecule has 0 unspecified atom stereocenters. The van der Waals surface area contributed by atoms with Gasteiger partial charge < -0.3 is 20.1 Å². The number of nitrogens with zero attached hydrogens (tertiary/aromatic N) is 1. The molecule has 0 bridgehead atoms. The van der Waals surface area contributed by atoms with Crippen molar-refractivity contribution in [1.82, 2.24) is 15.5 Å². The number of rotatable bonds is 7. The van der Waals surface area contributed by atoms with E-state index in [1.165, 1.54) is 5.56 Å². The van der Waals surface area contributed by atoms with Crippen LogP contribution >= 0.6 is 0 Å². The van der Waals surface area contributed by atoms with Crippen LogP contribution in [0.1, 0.15) is 18.4 Å². The van der Waals surface area contributed by atoms with Crippen molar-refractivity contribution in [3.05, 3.63) is 29.8 Å². The zero-order chi connectivity index (χ0) is 16.8. The summed E-state index contributed by atoms with van der Waals surface area (Å²) in [6.45, 7) is 5.70. The number of benzene rings is 1. The minimum Gasteiger partial charge on any atom is -0.497 e. The molecule has 3 rings (SSSR count). The van der Waals surface area contributed by atoms with Gasteiger partial charge in [-0.2, -0.15) is 0 Å². The second-order valence-corrected chi connectivity index (χ2v) is 6.57. The minimum atomic E-state index is -0.0805. The molecule has 1 aromatic rings. The van der Waals surface area contributed by atoms with Gasteiger partial charge in [0.2, 0.25) is 0 Å². The standard InChI is InChI=1S/C18H27N3O3/c1-23-16-4-2-15(3-5-16)18(6-7-18)14-20-17(22)19-8-9-21-10-12-24-13-11-21/h2-5H,6-14H2,1H3,(H2,19,20,22). The zero-order valence-electron chi connectivity index (χ0n) is 14.3. The number of ether oxygens (including phenoxy) is 2. The van der Waals surface area contributed by atoms with Gasteiger partial charge in [-0.15, -0.1) is 0 Å². The maximum atomic E-state index is 12.0. The first-order valence-corrected chi connectivity index (χ1v) is 8.68. The van der Waals surface area contributed by atoms with Gasteiger partial charge in [0.15, 0.2) is 0 Å². The highest BCUT2D eigenvalue weighted by Gasteiger charge is 2.44. The molecule has 6 heteroatoms. The highest BCUT2D eigenvalue weighted by atomic mass is 16.5.